The number of anilines is 1. The maximum Gasteiger partial charge on any atom is 0.338 e. The van der Waals surface area contributed by atoms with Gasteiger partial charge in [0.1, 0.15) is 4.53 Å². The molecule has 3 heterocycles. The fraction of sp³-hybridized carbons (Fsp3) is 0.250. The summed E-state index contributed by atoms with van der Waals surface area (Å²) < 4.78 is 17.6. The minimum atomic E-state index is -0.931. The van der Waals surface area contributed by atoms with E-state index in [0.29, 0.717) is 27.3 Å². The van der Waals surface area contributed by atoms with Gasteiger partial charge in [0, 0.05) is 19.5 Å². The number of aromatic nitrogens is 1. The molecule has 1 aromatic heterocycles. The monoisotopic (exact) mass is 547 g/mol. The van der Waals surface area contributed by atoms with E-state index in [2.05, 4.69) is 4.99 Å². The second kappa shape index (κ2) is 9.99. The molecule has 0 radical (unpaired) electrons. The van der Waals surface area contributed by atoms with E-state index in [1.54, 1.807) is 39.1 Å². The number of ether oxygens (including phenoxy) is 3. The molecule has 0 bridgehead atoms. The van der Waals surface area contributed by atoms with E-state index in [-0.39, 0.29) is 39.7 Å². The third-order valence-electron chi connectivity index (χ3n) is 6.53. The van der Waals surface area contributed by atoms with Crippen LogP contribution in [0.25, 0.3) is 5.57 Å². The van der Waals surface area contributed by atoms with Gasteiger partial charge >= 0.3 is 11.9 Å². The van der Waals surface area contributed by atoms with Gasteiger partial charge in [-0.15, -0.1) is 0 Å². The average molecular weight is 548 g/mol. The number of amides is 1. The van der Waals surface area contributed by atoms with E-state index in [9.17, 15) is 19.2 Å². The van der Waals surface area contributed by atoms with E-state index in [4.69, 9.17) is 14.2 Å². The number of carbonyl (C=O) groups is 3. The van der Waals surface area contributed by atoms with Crippen molar-refractivity contribution in [2.24, 2.45) is 4.99 Å². The summed E-state index contributed by atoms with van der Waals surface area (Å²) in [5.74, 6) is -1.01. The van der Waals surface area contributed by atoms with Gasteiger partial charge in [-0.05, 0) is 37.6 Å². The summed E-state index contributed by atoms with van der Waals surface area (Å²) in [5, 5.41) is 0. The Balaban J connectivity index is 1.80. The molecule has 0 spiro atoms. The number of hydrogen-bond donors (Lipinski definition) is 0. The maximum absolute atomic E-state index is 14.1. The van der Waals surface area contributed by atoms with E-state index < -0.39 is 23.5 Å². The summed E-state index contributed by atoms with van der Waals surface area (Å²) in [7, 11) is 3.08. The van der Waals surface area contributed by atoms with Crippen LogP contribution < -0.4 is 29.3 Å². The molecule has 11 heteroatoms. The first-order valence-electron chi connectivity index (χ1n) is 12.1. The number of benzene rings is 2. The number of carbonyl (C=O) groups excluding carboxylic acids is 3. The van der Waals surface area contributed by atoms with Crippen molar-refractivity contribution in [3.63, 3.8) is 0 Å². The lowest BCUT2D eigenvalue weighted by Crippen LogP contribution is -2.40. The highest BCUT2D eigenvalue weighted by molar-refractivity contribution is 7.07. The number of hydrogen-bond acceptors (Lipinski definition) is 9. The van der Waals surface area contributed by atoms with Crippen molar-refractivity contribution in [1.29, 1.82) is 0 Å². The first kappa shape index (κ1) is 26.1. The fourth-order valence-electron chi connectivity index (χ4n) is 4.84. The minimum absolute atomic E-state index is 0.128. The normalized spacial score (nSPS) is 17.4. The first-order chi connectivity index (χ1) is 18.7. The van der Waals surface area contributed by atoms with E-state index in [1.165, 1.54) is 29.6 Å². The largest absolute Gasteiger partial charge is 0.493 e. The Hall–Kier alpha value is -4.51. The van der Waals surface area contributed by atoms with Gasteiger partial charge in [-0.2, -0.15) is 0 Å². The van der Waals surface area contributed by atoms with Crippen molar-refractivity contribution < 1.29 is 28.6 Å². The van der Waals surface area contributed by atoms with Crippen LogP contribution in [-0.2, 0) is 19.1 Å². The Bertz CT molecular complexity index is 1770. The lowest BCUT2D eigenvalue weighted by molar-refractivity contribution is -0.139. The Labute approximate surface area is 227 Å². The summed E-state index contributed by atoms with van der Waals surface area (Å²) in [6.07, 6.45) is 0. The predicted molar refractivity (Wildman–Crippen MR) is 143 cm³/mol. The van der Waals surface area contributed by atoms with Crippen LogP contribution in [0.4, 0.5) is 5.69 Å². The molecule has 5 rings (SSSR count). The van der Waals surface area contributed by atoms with Crippen LogP contribution in [0, 0.1) is 0 Å². The van der Waals surface area contributed by atoms with Gasteiger partial charge in [-0.1, -0.05) is 35.6 Å². The molecule has 0 unspecified atom stereocenters. The number of para-hydroxylation sites is 1. The topological polar surface area (TPSA) is 117 Å². The highest BCUT2D eigenvalue weighted by Gasteiger charge is 2.36. The fourth-order valence-corrected chi connectivity index (χ4v) is 5.98. The van der Waals surface area contributed by atoms with Crippen molar-refractivity contribution >= 4 is 40.4 Å². The smallest absolute Gasteiger partial charge is 0.338 e. The first-order valence-corrected chi connectivity index (χ1v) is 13.0. The number of fused-ring (bicyclic) bond motifs is 2. The molecule has 0 aliphatic carbocycles. The molecule has 1 amide bonds. The van der Waals surface area contributed by atoms with Gasteiger partial charge in [0.2, 0.25) is 0 Å². The van der Waals surface area contributed by atoms with Crippen LogP contribution >= 0.6 is 11.3 Å². The summed E-state index contributed by atoms with van der Waals surface area (Å²) in [5.41, 5.74) is 2.25. The summed E-state index contributed by atoms with van der Waals surface area (Å²) in [4.78, 5) is 58.5. The highest BCUT2D eigenvalue weighted by atomic mass is 32.1. The molecule has 1 atom stereocenters. The van der Waals surface area contributed by atoms with E-state index >= 15 is 0 Å². The number of nitrogens with zero attached hydrogens (tertiary/aromatic N) is 3. The Morgan fingerprint density at radius 3 is 2.54 bits per heavy atom. The van der Waals surface area contributed by atoms with Gasteiger partial charge < -0.3 is 19.1 Å². The molecular formula is C28H25N3O7S. The Morgan fingerprint density at radius 1 is 1.10 bits per heavy atom. The molecule has 2 aromatic carbocycles. The molecular weight excluding hydrogens is 522 g/mol. The quantitative estimate of drug-likeness (QED) is 0.355. The minimum Gasteiger partial charge on any atom is -0.493 e. The number of esters is 2. The SMILES string of the molecule is CCOC(=O)C1=C(C)N=c2s/c(=C3\C(=O)N(C)c4ccccc43)c(=O)n2[C@H]1c1ccc(OC(C)=O)c(OC)c1. The molecule has 39 heavy (non-hydrogen) atoms. The van der Waals surface area contributed by atoms with Crippen LogP contribution in [0.5, 0.6) is 11.5 Å². The van der Waals surface area contributed by atoms with E-state index in [1.807, 2.05) is 18.2 Å². The van der Waals surface area contributed by atoms with Crippen molar-refractivity contribution in [2.45, 2.75) is 26.8 Å². The van der Waals surface area contributed by atoms with Gasteiger partial charge in [0.25, 0.3) is 11.5 Å². The second-order valence-electron chi connectivity index (χ2n) is 8.88. The van der Waals surface area contributed by atoms with Crippen molar-refractivity contribution in [2.75, 3.05) is 25.7 Å². The molecule has 0 N–H and O–H groups in total. The molecule has 3 aromatic rings. The molecule has 2 aliphatic heterocycles. The lowest BCUT2D eigenvalue weighted by Gasteiger charge is -2.25. The standard InChI is InChI=1S/C28H25N3O7S/c1-6-37-27(35)21-14(2)29-28-31(23(21)16-11-12-19(38-15(3)32)20(13-16)36-5)26(34)24(39-28)22-17-9-7-8-10-18(17)30(4)25(22)33/h7-13,23H,6H2,1-5H3/b24-22-/t23-/m0/s1. The third kappa shape index (κ3) is 4.24. The average Bonchev–Trinajstić information content (AvgIpc) is 3.35. The lowest BCUT2D eigenvalue weighted by atomic mass is 9.95. The zero-order valence-electron chi connectivity index (χ0n) is 21.9. The zero-order valence-corrected chi connectivity index (χ0v) is 22.8. The van der Waals surface area contributed by atoms with Crippen molar-refractivity contribution in [3.8, 4) is 11.5 Å². The van der Waals surface area contributed by atoms with Crippen LogP contribution in [0.3, 0.4) is 0 Å². The molecule has 0 saturated carbocycles. The van der Waals surface area contributed by atoms with Gasteiger partial charge in [-0.3, -0.25) is 19.0 Å². The maximum atomic E-state index is 14.1. The van der Waals surface area contributed by atoms with Crippen LogP contribution in [0.2, 0.25) is 0 Å². The summed E-state index contributed by atoms with van der Waals surface area (Å²) in [6.45, 7) is 4.77. The summed E-state index contributed by atoms with van der Waals surface area (Å²) >= 11 is 1.09. The van der Waals surface area contributed by atoms with Gasteiger partial charge in [0.05, 0.1) is 42.3 Å². The van der Waals surface area contributed by atoms with Crippen LogP contribution in [-0.4, -0.2) is 43.2 Å². The highest BCUT2D eigenvalue weighted by Crippen LogP contribution is 2.37. The third-order valence-corrected chi connectivity index (χ3v) is 7.58. The van der Waals surface area contributed by atoms with Crippen molar-refractivity contribution in [1.82, 2.24) is 4.57 Å². The van der Waals surface area contributed by atoms with Crippen molar-refractivity contribution in [3.05, 3.63) is 84.5 Å². The Kier molecular flexibility index (Phi) is 6.69. The number of likely N-dealkylation sites (N-methyl/N-ethyl adjacent to an activating group) is 1. The molecule has 0 fully saturated rings. The second-order valence-corrected chi connectivity index (χ2v) is 9.86. The number of thiazole rings is 1. The zero-order chi connectivity index (χ0) is 28.0. The number of rotatable bonds is 5. The molecule has 2 aliphatic rings. The van der Waals surface area contributed by atoms with Crippen LogP contribution in [0.15, 0.2) is 63.5 Å². The molecule has 0 saturated heterocycles. The van der Waals surface area contributed by atoms with Gasteiger partial charge in [0.15, 0.2) is 16.3 Å². The van der Waals surface area contributed by atoms with E-state index in [0.717, 1.165) is 11.3 Å². The van der Waals surface area contributed by atoms with Gasteiger partial charge in [-0.25, -0.2) is 9.79 Å². The number of methoxy groups -OCH3 is 1. The molecule has 10 nitrogen and oxygen atoms in total. The molecule has 200 valence electrons. The Morgan fingerprint density at radius 2 is 1.85 bits per heavy atom. The van der Waals surface area contributed by atoms with Crippen LogP contribution in [0.1, 0.15) is 37.9 Å². The summed E-state index contributed by atoms with van der Waals surface area (Å²) in [6, 6.07) is 11.1. The predicted octanol–water partition coefficient (Wildman–Crippen LogP) is 2.08. The number of allylic oxidation sites excluding steroid dienone is 1.